The topological polar surface area (TPSA) is 209 Å². The van der Waals surface area contributed by atoms with Crippen LogP contribution in [0.4, 0.5) is 11.6 Å². The summed E-state index contributed by atoms with van der Waals surface area (Å²) in [4.78, 5) is 78.3. The van der Waals surface area contributed by atoms with Crippen molar-refractivity contribution in [1.29, 1.82) is 0 Å². The fourth-order valence-electron chi connectivity index (χ4n) is 10.1. The van der Waals surface area contributed by atoms with E-state index in [1.54, 1.807) is 110 Å². The number of esters is 1. The van der Waals surface area contributed by atoms with Gasteiger partial charge in [0.2, 0.25) is 0 Å². The van der Waals surface area contributed by atoms with Crippen LogP contribution in [0.25, 0.3) is 0 Å². The summed E-state index contributed by atoms with van der Waals surface area (Å²) in [6, 6.07) is 58.6. The van der Waals surface area contributed by atoms with Crippen molar-refractivity contribution in [3.05, 3.63) is 261 Å². The Bertz CT molecular complexity index is 3490. The average molecular weight is 1100 g/mol. The van der Waals surface area contributed by atoms with Gasteiger partial charge in [0.25, 0.3) is 11.8 Å². The molecule has 0 aliphatic carbocycles. The van der Waals surface area contributed by atoms with Crippen molar-refractivity contribution in [3.63, 3.8) is 0 Å². The highest BCUT2D eigenvalue weighted by molar-refractivity contribution is 7.53. The van der Waals surface area contributed by atoms with Crippen molar-refractivity contribution < 1.29 is 37.7 Å². The molecule has 2 amide bonds. The Morgan fingerprint density at radius 2 is 0.950 bits per heavy atom. The molecule has 2 aromatic heterocycles. The van der Waals surface area contributed by atoms with Crippen LogP contribution in [0.3, 0.4) is 0 Å². The standard InChI is InChI=1S/C60H58N9O10P/c1-65(2)80(75,67-38-50(41-76-57(72)45-25-13-5-14-26-45)79-54(40-67)69-36-34-52(64-59(69)74)62-56(71)44-23-11-4-12-24-44)77-42-49-37-66(39-53(78-49)68-35-33-51(63-58(68)73)61-55(70)43-21-9-3-10-22-43)60(46-27-15-6-16-28-46,47-29-17-7-18-30-47)48-31-19-8-20-32-48/h3-36,49-50,53-54H,37-42H2,1-2H3,(H,61,63,70,73)(H,62,64,71,74)/t49-,50-,53+,54+,80-/m0/s1. The highest BCUT2D eigenvalue weighted by atomic mass is 31.2. The Balaban J connectivity index is 0.987. The van der Waals surface area contributed by atoms with Crippen LogP contribution >= 0.6 is 7.67 Å². The predicted octanol–water partition coefficient (Wildman–Crippen LogP) is 7.94. The zero-order chi connectivity index (χ0) is 55.6. The van der Waals surface area contributed by atoms with Crippen molar-refractivity contribution in [3.8, 4) is 0 Å². The normalized spacial score (nSPS) is 18.6. The molecule has 8 aromatic rings. The van der Waals surface area contributed by atoms with E-state index >= 15 is 4.57 Å². The Morgan fingerprint density at radius 3 is 1.38 bits per heavy atom. The Hall–Kier alpha value is -8.52. The molecule has 6 aromatic carbocycles. The van der Waals surface area contributed by atoms with E-state index in [1.807, 2.05) is 54.6 Å². The van der Waals surface area contributed by atoms with Gasteiger partial charge in [0.1, 0.15) is 24.3 Å². The summed E-state index contributed by atoms with van der Waals surface area (Å²) in [5.74, 6) is -1.46. The Morgan fingerprint density at radius 1 is 0.550 bits per heavy atom. The first kappa shape index (κ1) is 54.8. The van der Waals surface area contributed by atoms with E-state index < -0.39 is 67.0 Å². The van der Waals surface area contributed by atoms with Gasteiger partial charge < -0.3 is 29.4 Å². The first-order valence-corrected chi connectivity index (χ1v) is 27.5. The van der Waals surface area contributed by atoms with E-state index in [0.29, 0.717) is 16.7 Å². The maximum atomic E-state index is 15.9. The van der Waals surface area contributed by atoms with Gasteiger partial charge in [-0.05, 0) is 79.3 Å². The summed E-state index contributed by atoms with van der Waals surface area (Å²) in [5.41, 5.74) is 1.38. The van der Waals surface area contributed by atoms with Gasteiger partial charge >= 0.3 is 25.0 Å². The van der Waals surface area contributed by atoms with Crippen LogP contribution < -0.4 is 22.0 Å². The number of benzene rings is 6. The number of aromatic nitrogens is 4. The van der Waals surface area contributed by atoms with E-state index in [2.05, 4.69) is 61.9 Å². The van der Waals surface area contributed by atoms with Gasteiger partial charge in [-0.2, -0.15) is 9.97 Å². The Labute approximate surface area is 461 Å². The van der Waals surface area contributed by atoms with Gasteiger partial charge in [-0.3, -0.25) is 28.2 Å². The number of carbonyl (C=O) groups is 3. The van der Waals surface area contributed by atoms with Gasteiger partial charge in [-0.25, -0.2) is 23.7 Å². The first-order valence-electron chi connectivity index (χ1n) is 25.9. The number of ether oxygens (including phenoxy) is 3. The van der Waals surface area contributed by atoms with Crippen LogP contribution in [-0.4, -0.2) is 117 Å². The average Bonchev–Trinajstić information content (AvgIpc) is 3.58. The predicted molar refractivity (Wildman–Crippen MR) is 300 cm³/mol. The molecule has 10 rings (SSSR count). The van der Waals surface area contributed by atoms with Crippen molar-refractivity contribution in [2.24, 2.45) is 0 Å². The van der Waals surface area contributed by atoms with E-state index in [4.69, 9.17) is 18.7 Å². The number of rotatable bonds is 18. The lowest BCUT2D eigenvalue weighted by Gasteiger charge is -2.51. The van der Waals surface area contributed by atoms with Crippen molar-refractivity contribution in [1.82, 2.24) is 33.3 Å². The number of nitrogens with zero attached hydrogens (tertiary/aromatic N) is 7. The smallest absolute Gasteiger partial charge is 0.351 e. The van der Waals surface area contributed by atoms with Crippen LogP contribution in [0.2, 0.25) is 0 Å². The first-order chi connectivity index (χ1) is 38.9. The van der Waals surface area contributed by atoms with E-state index in [9.17, 15) is 24.0 Å². The van der Waals surface area contributed by atoms with E-state index in [1.165, 1.54) is 38.3 Å². The minimum atomic E-state index is -4.16. The minimum absolute atomic E-state index is 0.00265. The second kappa shape index (κ2) is 24.7. The number of amides is 2. The summed E-state index contributed by atoms with van der Waals surface area (Å²) in [6.07, 6.45) is -1.04. The zero-order valence-corrected chi connectivity index (χ0v) is 44.7. The van der Waals surface area contributed by atoms with Crippen molar-refractivity contribution in [2.75, 3.05) is 64.1 Å². The number of morpholine rings is 2. The van der Waals surface area contributed by atoms with Gasteiger partial charge in [-0.15, -0.1) is 0 Å². The molecule has 408 valence electrons. The molecule has 80 heavy (non-hydrogen) atoms. The van der Waals surface area contributed by atoms with Gasteiger partial charge in [0.05, 0.1) is 30.4 Å². The van der Waals surface area contributed by atoms with Crippen molar-refractivity contribution in [2.45, 2.75) is 30.2 Å². The van der Waals surface area contributed by atoms with Crippen LogP contribution in [0.15, 0.2) is 216 Å². The number of anilines is 2. The fourth-order valence-corrected chi connectivity index (χ4v) is 12.1. The quantitative estimate of drug-likeness (QED) is 0.0475. The maximum Gasteiger partial charge on any atom is 0.351 e. The minimum Gasteiger partial charge on any atom is -0.459 e. The molecule has 4 heterocycles. The third kappa shape index (κ3) is 12.0. The monoisotopic (exact) mass is 1100 g/mol. The SMILES string of the molecule is CN(C)[P@](=O)(OC[C@@H]1CN(C(c2ccccc2)(c2ccccc2)c2ccccc2)C[C@H](n2ccc(NC(=O)c3ccccc3)nc2=O)O1)N1C[C@@H](COC(=O)c2ccccc2)O[C@@H](n2ccc(NC(=O)c3ccccc3)nc2=O)C1. The molecule has 2 aliphatic rings. The molecule has 0 bridgehead atoms. The molecular weight excluding hydrogens is 1040 g/mol. The zero-order valence-electron chi connectivity index (χ0n) is 43.8. The largest absolute Gasteiger partial charge is 0.459 e. The number of carbonyl (C=O) groups excluding carboxylic acids is 3. The molecule has 0 spiro atoms. The summed E-state index contributed by atoms with van der Waals surface area (Å²) in [5, 5.41) is 5.38. The molecule has 0 saturated carbocycles. The molecule has 2 aliphatic heterocycles. The van der Waals surface area contributed by atoms with Gasteiger partial charge in [-0.1, -0.05) is 146 Å². The summed E-state index contributed by atoms with van der Waals surface area (Å²) >= 11 is 0. The van der Waals surface area contributed by atoms with Crippen LogP contribution in [0, 0.1) is 0 Å². The van der Waals surface area contributed by atoms with Gasteiger partial charge in [0.15, 0.2) is 12.5 Å². The van der Waals surface area contributed by atoms with E-state index in [-0.39, 0.29) is 51.0 Å². The second-order valence-electron chi connectivity index (χ2n) is 19.3. The number of hydrogen-bond acceptors (Lipinski definition) is 13. The summed E-state index contributed by atoms with van der Waals surface area (Å²) < 4.78 is 47.3. The van der Waals surface area contributed by atoms with Gasteiger partial charge in [0, 0.05) is 43.2 Å². The lowest BCUT2D eigenvalue weighted by atomic mass is 9.75. The summed E-state index contributed by atoms with van der Waals surface area (Å²) in [7, 11) is -0.939. The number of hydrogen-bond donors (Lipinski definition) is 2. The van der Waals surface area contributed by atoms with Crippen molar-refractivity contribution >= 4 is 37.1 Å². The number of nitrogens with one attached hydrogen (secondary N) is 2. The third-order valence-electron chi connectivity index (χ3n) is 13.9. The molecule has 2 fully saturated rings. The molecule has 20 heteroatoms. The lowest BCUT2D eigenvalue weighted by molar-refractivity contribution is -0.150. The molecule has 2 N–H and O–H groups in total. The van der Waals surface area contributed by atoms with Crippen LogP contribution in [0.5, 0.6) is 0 Å². The highest BCUT2D eigenvalue weighted by Crippen LogP contribution is 2.55. The second-order valence-corrected chi connectivity index (χ2v) is 21.9. The van der Waals surface area contributed by atoms with E-state index in [0.717, 1.165) is 16.7 Å². The summed E-state index contributed by atoms with van der Waals surface area (Å²) in [6.45, 7) is -0.476. The highest BCUT2D eigenvalue weighted by Gasteiger charge is 2.48. The molecular formula is C60H58N9O10P. The molecule has 0 radical (unpaired) electrons. The maximum absolute atomic E-state index is 15.9. The molecule has 0 unspecified atom stereocenters. The third-order valence-corrected chi connectivity index (χ3v) is 16.4. The molecule has 5 atom stereocenters. The Kier molecular flexibility index (Phi) is 16.9. The molecule has 19 nitrogen and oxygen atoms in total. The molecule has 2 saturated heterocycles. The fraction of sp³-hybridized carbons (Fsp3) is 0.217. The van der Waals surface area contributed by atoms with Crippen LogP contribution in [0.1, 0.15) is 60.2 Å². The lowest BCUT2D eigenvalue weighted by Crippen LogP contribution is -2.58. The van der Waals surface area contributed by atoms with Crippen LogP contribution in [-0.2, 0) is 28.8 Å².